The lowest BCUT2D eigenvalue weighted by molar-refractivity contribution is 0.582. The molecule has 0 aliphatic heterocycles. The van der Waals surface area contributed by atoms with Gasteiger partial charge in [0, 0.05) is 6.04 Å². The van der Waals surface area contributed by atoms with Crippen molar-refractivity contribution in [3.8, 4) is 0 Å². The summed E-state index contributed by atoms with van der Waals surface area (Å²) >= 11 is 0. The molecule has 2 N–H and O–H groups in total. The number of hydrogen-bond donors (Lipinski definition) is 2. The van der Waals surface area contributed by atoms with Crippen LogP contribution in [-0.4, -0.2) is 25.7 Å². The summed E-state index contributed by atoms with van der Waals surface area (Å²) in [6.45, 7) is 5.60. The van der Waals surface area contributed by atoms with Gasteiger partial charge in [0.15, 0.2) is 0 Å². The summed E-state index contributed by atoms with van der Waals surface area (Å²) in [5.41, 5.74) is 2.80. The van der Waals surface area contributed by atoms with Gasteiger partial charge in [-0.15, -0.1) is 0 Å². The Kier molecular flexibility index (Phi) is 5.69. The highest BCUT2D eigenvalue weighted by molar-refractivity contribution is 5.21. The molecular weight excluding hydrogens is 220 g/mol. The minimum atomic E-state index is 0.853. The fourth-order valence-electron chi connectivity index (χ4n) is 2.10. The van der Waals surface area contributed by atoms with Crippen molar-refractivity contribution in [1.82, 2.24) is 10.6 Å². The van der Waals surface area contributed by atoms with E-state index in [0.717, 1.165) is 19.1 Å². The normalized spacial score (nSPS) is 14.9. The molecule has 2 rings (SSSR count). The fourth-order valence-corrected chi connectivity index (χ4v) is 2.10. The number of rotatable bonds is 9. The number of hydrogen-bond acceptors (Lipinski definition) is 2. The first kappa shape index (κ1) is 13.6. The lowest BCUT2D eigenvalue weighted by atomic mass is 10.1. The van der Waals surface area contributed by atoms with Crippen LogP contribution in [-0.2, 0) is 6.42 Å². The second kappa shape index (κ2) is 7.55. The topological polar surface area (TPSA) is 24.1 Å². The Morgan fingerprint density at radius 1 is 1.00 bits per heavy atom. The largest absolute Gasteiger partial charge is 0.317 e. The molecule has 1 aromatic carbocycles. The molecule has 1 fully saturated rings. The van der Waals surface area contributed by atoms with Crippen LogP contribution < -0.4 is 10.6 Å². The van der Waals surface area contributed by atoms with Gasteiger partial charge in [0.2, 0.25) is 0 Å². The third kappa shape index (κ3) is 5.65. The first-order chi connectivity index (χ1) is 8.84. The van der Waals surface area contributed by atoms with Crippen molar-refractivity contribution in [3.63, 3.8) is 0 Å². The Labute approximate surface area is 111 Å². The van der Waals surface area contributed by atoms with Gasteiger partial charge in [-0.3, -0.25) is 0 Å². The van der Waals surface area contributed by atoms with Crippen molar-refractivity contribution in [1.29, 1.82) is 0 Å². The standard InChI is InChI=1S/C16H26N2/c1-14-5-7-15(8-6-14)4-2-11-17-12-3-13-18-16-9-10-16/h5-8,16-18H,2-4,9-13H2,1H3. The summed E-state index contributed by atoms with van der Waals surface area (Å²) in [6, 6.07) is 9.74. The number of nitrogens with one attached hydrogen (secondary N) is 2. The van der Waals surface area contributed by atoms with Gasteiger partial charge in [-0.25, -0.2) is 0 Å². The molecular formula is C16H26N2. The summed E-state index contributed by atoms with van der Waals surface area (Å²) in [6.07, 6.45) is 6.46. The fraction of sp³-hybridized carbons (Fsp3) is 0.625. The van der Waals surface area contributed by atoms with Crippen molar-refractivity contribution in [2.45, 2.75) is 45.1 Å². The highest BCUT2D eigenvalue weighted by Crippen LogP contribution is 2.18. The molecule has 1 aliphatic rings. The molecule has 1 aromatic rings. The van der Waals surface area contributed by atoms with Gasteiger partial charge in [-0.1, -0.05) is 29.8 Å². The monoisotopic (exact) mass is 246 g/mol. The quantitative estimate of drug-likeness (QED) is 0.655. The van der Waals surface area contributed by atoms with Crippen molar-refractivity contribution < 1.29 is 0 Å². The molecule has 18 heavy (non-hydrogen) atoms. The van der Waals surface area contributed by atoms with Crippen molar-refractivity contribution >= 4 is 0 Å². The smallest absolute Gasteiger partial charge is 0.00682 e. The summed E-state index contributed by atoms with van der Waals surface area (Å²) in [5, 5.41) is 7.06. The highest BCUT2D eigenvalue weighted by atomic mass is 14.9. The second-order valence-electron chi connectivity index (χ2n) is 5.42. The van der Waals surface area contributed by atoms with Crippen LogP contribution in [0.4, 0.5) is 0 Å². The third-order valence-corrected chi connectivity index (χ3v) is 3.48. The third-order valence-electron chi connectivity index (χ3n) is 3.48. The molecule has 0 radical (unpaired) electrons. The minimum absolute atomic E-state index is 0.853. The van der Waals surface area contributed by atoms with E-state index in [4.69, 9.17) is 0 Å². The number of aryl methyl sites for hydroxylation is 2. The summed E-state index contributed by atoms with van der Waals surface area (Å²) in [5.74, 6) is 0. The van der Waals surface area contributed by atoms with E-state index in [1.807, 2.05) is 0 Å². The highest BCUT2D eigenvalue weighted by Gasteiger charge is 2.19. The molecule has 0 amide bonds. The lowest BCUT2D eigenvalue weighted by Crippen LogP contribution is -2.24. The molecule has 2 heteroatoms. The van der Waals surface area contributed by atoms with Crippen LogP contribution in [0, 0.1) is 6.92 Å². The van der Waals surface area contributed by atoms with Gasteiger partial charge in [0.05, 0.1) is 0 Å². The molecule has 1 saturated carbocycles. The first-order valence-electron chi connectivity index (χ1n) is 7.34. The van der Waals surface area contributed by atoms with Crippen LogP contribution in [0.1, 0.15) is 36.8 Å². The lowest BCUT2D eigenvalue weighted by Gasteiger charge is -2.06. The first-order valence-corrected chi connectivity index (χ1v) is 7.34. The maximum atomic E-state index is 3.54. The zero-order valence-electron chi connectivity index (χ0n) is 11.5. The number of benzene rings is 1. The van der Waals surface area contributed by atoms with E-state index >= 15 is 0 Å². The second-order valence-corrected chi connectivity index (χ2v) is 5.42. The molecule has 0 heterocycles. The van der Waals surface area contributed by atoms with Crippen LogP contribution in [0.15, 0.2) is 24.3 Å². The SMILES string of the molecule is Cc1ccc(CCCNCCCNC2CC2)cc1. The van der Waals surface area contributed by atoms with Crippen LogP contribution in [0.25, 0.3) is 0 Å². The van der Waals surface area contributed by atoms with Gasteiger partial charge >= 0.3 is 0 Å². The van der Waals surface area contributed by atoms with Crippen molar-refractivity contribution in [2.75, 3.05) is 19.6 Å². The van der Waals surface area contributed by atoms with Crippen LogP contribution in [0.5, 0.6) is 0 Å². The zero-order chi connectivity index (χ0) is 12.6. The van der Waals surface area contributed by atoms with Gasteiger partial charge in [-0.2, -0.15) is 0 Å². The summed E-state index contributed by atoms with van der Waals surface area (Å²) < 4.78 is 0. The van der Waals surface area contributed by atoms with E-state index in [1.165, 1.54) is 49.8 Å². The molecule has 1 aliphatic carbocycles. The van der Waals surface area contributed by atoms with Gasteiger partial charge in [0.1, 0.15) is 0 Å². The van der Waals surface area contributed by atoms with Crippen LogP contribution >= 0.6 is 0 Å². The van der Waals surface area contributed by atoms with Crippen LogP contribution in [0.2, 0.25) is 0 Å². The van der Waals surface area contributed by atoms with E-state index in [9.17, 15) is 0 Å². The molecule has 0 spiro atoms. The predicted octanol–water partition coefficient (Wildman–Crippen LogP) is 2.66. The molecule has 2 nitrogen and oxygen atoms in total. The van der Waals surface area contributed by atoms with Gasteiger partial charge in [0.25, 0.3) is 0 Å². The summed E-state index contributed by atoms with van der Waals surface area (Å²) in [7, 11) is 0. The van der Waals surface area contributed by atoms with Gasteiger partial charge < -0.3 is 10.6 Å². The molecule has 0 saturated heterocycles. The average Bonchev–Trinajstić information content (AvgIpc) is 3.19. The van der Waals surface area contributed by atoms with Crippen molar-refractivity contribution in [3.05, 3.63) is 35.4 Å². The molecule has 0 aromatic heterocycles. The Hall–Kier alpha value is -0.860. The predicted molar refractivity (Wildman–Crippen MR) is 78.0 cm³/mol. The van der Waals surface area contributed by atoms with E-state index in [2.05, 4.69) is 41.8 Å². The Bertz CT molecular complexity index is 327. The Balaban J connectivity index is 1.42. The molecule has 0 atom stereocenters. The summed E-state index contributed by atoms with van der Waals surface area (Å²) in [4.78, 5) is 0. The zero-order valence-corrected chi connectivity index (χ0v) is 11.5. The Morgan fingerprint density at radius 2 is 1.72 bits per heavy atom. The molecule has 0 unspecified atom stereocenters. The molecule has 0 bridgehead atoms. The van der Waals surface area contributed by atoms with E-state index in [-0.39, 0.29) is 0 Å². The van der Waals surface area contributed by atoms with Crippen molar-refractivity contribution in [2.24, 2.45) is 0 Å². The average molecular weight is 246 g/mol. The molecule has 100 valence electrons. The Morgan fingerprint density at radius 3 is 2.44 bits per heavy atom. The van der Waals surface area contributed by atoms with E-state index in [0.29, 0.717) is 0 Å². The maximum absolute atomic E-state index is 3.54. The van der Waals surface area contributed by atoms with E-state index in [1.54, 1.807) is 0 Å². The minimum Gasteiger partial charge on any atom is -0.317 e. The maximum Gasteiger partial charge on any atom is 0.00682 e. The van der Waals surface area contributed by atoms with Crippen LogP contribution in [0.3, 0.4) is 0 Å². The van der Waals surface area contributed by atoms with E-state index < -0.39 is 0 Å². The van der Waals surface area contributed by atoms with Gasteiger partial charge in [-0.05, 0) is 64.2 Å².